The first-order valence-electron chi connectivity index (χ1n) is 13.3. The lowest BCUT2D eigenvalue weighted by molar-refractivity contribution is -0.614. The number of halogens is 3. The Bertz CT molecular complexity index is 1650. The monoisotopic (exact) mass is 563 g/mol. The number of nitrogens with zero attached hydrogens (tertiary/aromatic N) is 2. The molecule has 0 aliphatic carbocycles. The van der Waals surface area contributed by atoms with Crippen LogP contribution in [0.15, 0.2) is 48.7 Å². The molecule has 212 valence electrons. The molecule has 5 rings (SSSR count). The van der Waals surface area contributed by atoms with E-state index in [1.807, 2.05) is 19.1 Å². The van der Waals surface area contributed by atoms with Crippen LogP contribution in [0.2, 0.25) is 0 Å². The number of pyridine rings is 1. The maximum Gasteiger partial charge on any atom is 0.309 e. The van der Waals surface area contributed by atoms with Gasteiger partial charge in [0.2, 0.25) is 5.69 Å². The first-order chi connectivity index (χ1) is 19.7. The third kappa shape index (κ3) is 5.73. The van der Waals surface area contributed by atoms with Crippen molar-refractivity contribution < 1.29 is 32.2 Å². The molecular formula is C31H28F3N3O4. The molecule has 2 bridgehead atoms. The Morgan fingerprint density at radius 3 is 2.66 bits per heavy atom. The highest BCUT2D eigenvalue weighted by Crippen LogP contribution is 2.34. The standard InChI is InChI=1S/C31H28F3N3O4/c1-17-30-22-9-7-18(14-27(39)41-2)13-20(22)15-21(38)5-3-4-6-23(31(35-17)36-30)26-12-8-19(16-37(26)40)28-24(32)10-11-25(33)29(28)34/h7-13,16,23H,3-6,14-15H2,1-2H3,(H,35,36)/t23-/m1/s1. The van der Waals surface area contributed by atoms with Gasteiger partial charge < -0.3 is 14.9 Å². The molecule has 0 saturated carbocycles. The van der Waals surface area contributed by atoms with Gasteiger partial charge in [0.25, 0.3) is 0 Å². The largest absolute Gasteiger partial charge is 0.618 e. The summed E-state index contributed by atoms with van der Waals surface area (Å²) in [5.41, 5.74) is 3.16. The van der Waals surface area contributed by atoms with Crippen molar-refractivity contribution in [2.75, 3.05) is 7.11 Å². The van der Waals surface area contributed by atoms with Crippen LogP contribution in [0.1, 0.15) is 59.9 Å². The quantitative estimate of drug-likeness (QED) is 0.150. The number of ether oxygens (including phenoxy) is 1. The maximum atomic E-state index is 14.4. The molecule has 2 aromatic heterocycles. The number of H-pyrrole nitrogens is 1. The Labute approximate surface area is 234 Å². The molecule has 2 aromatic carbocycles. The van der Waals surface area contributed by atoms with Crippen LogP contribution in [0.25, 0.3) is 22.4 Å². The van der Waals surface area contributed by atoms with Gasteiger partial charge in [-0.3, -0.25) is 9.59 Å². The van der Waals surface area contributed by atoms with E-state index in [-0.39, 0.29) is 30.2 Å². The van der Waals surface area contributed by atoms with Crippen molar-refractivity contribution in [3.05, 3.63) is 99.7 Å². The first-order valence-corrected chi connectivity index (χ1v) is 13.3. The number of imidazole rings is 1. The van der Waals surface area contributed by atoms with Crippen molar-refractivity contribution in [1.29, 1.82) is 0 Å². The second-order valence-corrected chi connectivity index (χ2v) is 10.2. The predicted octanol–water partition coefficient (Wildman–Crippen LogP) is 5.64. The zero-order valence-corrected chi connectivity index (χ0v) is 22.6. The van der Waals surface area contributed by atoms with Crippen LogP contribution in [0.5, 0.6) is 0 Å². The highest BCUT2D eigenvalue weighted by Gasteiger charge is 2.29. The van der Waals surface area contributed by atoms with Crippen LogP contribution in [0.4, 0.5) is 13.2 Å². The summed E-state index contributed by atoms with van der Waals surface area (Å²) in [5, 5.41) is 13.2. The van der Waals surface area contributed by atoms with Crippen molar-refractivity contribution in [1.82, 2.24) is 9.97 Å². The summed E-state index contributed by atoms with van der Waals surface area (Å²) >= 11 is 0. The number of Topliss-reactive ketones (excluding diaryl/α,β-unsaturated/α-hetero) is 1. The van der Waals surface area contributed by atoms with Crippen molar-refractivity contribution in [2.45, 2.75) is 51.4 Å². The molecule has 0 spiro atoms. The lowest BCUT2D eigenvalue weighted by Gasteiger charge is -2.16. The molecule has 0 amide bonds. The second-order valence-electron chi connectivity index (χ2n) is 10.2. The van der Waals surface area contributed by atoms with Crippen LogP contribution in [-0.2, 0) is 27.2 Å². The van der Waals surface area contributed by atoms with E-state index in [0.717, 1.165) is 34.6 Å². The van der Waals surface area contributed by atoms with Gasteiger partial charge in [-0.2, -0.15) is 4.73 Å². The Morgan fingerprint density at radius 2 is 1.90 bits per heavy atom. The Hall–Kier alpha value is -4.47. The number of aromatic nitrogens is 3. The van der Waals surface area contributed by atoms with E-state index in [0.29, 0.717) is 53.7 Å². The molecule has 1 aliphatic rings. The average molecular weight is 564 g/mol. The molecule has 4 aromatic rings. The smallest absolute Gasteiger partial charge is 0.309 e. The van der Waals surface area contributed by atoms with Crippen LogP contribution < -0.4 is 4.73 Å². The molecule has 3 heterocycles. The number of methoxy groups -OCH3 is 1. The van der Waals surface area contributed by atoms with Crippen molar-refractivity contribution in [2.24, 2.45) is 0 Å². The minimum atomic E-state index is -1.37. The van der Waals surface area contributed by atoms with Gasteiger partial charge in [-0.25, -0.2) is 18.2 Å². The minimum Gasteiger partial charge on any atom is -0.618 e. The van der Waals surface area contributed by atoms with Gasteiger partial charge in [-0.1, -0.05) is 24.6 Å². The summed E-state index contributed by atoms with van der Waals surface area (Å²) in [4.78, 5) is 32.9. The van der Waals surface area contributed by atoms with Crippen LogP contribution in [-0.4, -0.2) is 28.8 Å². The van der Waals surface area contributed by atoms with Gasteiger partial charge in [0, 0.05) is 30.2 Å². The fraction of sp³-hybridized carbons (Fsp3) is 0.290. The van der Waals surface area contributed by atoms with E-state index >= 15 is 0 Å². The lowest BCUT2D eigenvalue weighted by Crippen LogP contribution is -2.34. The van der Waals surface area contributed by atoms with Gasteiger partial charge in [0.15, 0.2) is 17.8 Å². The van der Waals surface area contributed by atoms with Gasteiger partial charge in [-0.05, 0) is 49.1 Å². The van der Waals surface area contributed by atoms with Gasteiger partial charge in [-0.15, -0.1) is 0 Å². The Balaban J connectivity index is 1.57. The zero-order valence-electron chi connectivity index (χ0n) is 22.6. The molecule has 7 nitrogen and oxygen atoms in total. The molecule has 0 fully saturated rings. The number of nitrogens with one attached hydrogen (secondary N) is 1. The van der Waals surface area contributed by atoms with Crippen molar-refractivity contribution >= 4 is 11.8 Å². The summed E-state index contributed by atoms with van der Waals surface area (Å²) in [6.07, 6.45) is 3.36. The third-order valence-electron chi connectivity index (χ3n) is 7.45. The van der Waals surface area contributed by atoms with E-state index < -0.39 is 28.9 Å². The zero-order chi connectivity index (χ0) is 29.3. The molecule has 1 aliphatic heterocycles. The number of hydrogen-bond donors (Lipinski definition) is 1. The van der Waals surface area contributed by atoms with Crippen LogP contribution in [0.3, 0.4) is 0 Å². The average Bonchev–Trinajstić information content (AvgIpc) is 3.32. The Kier molecular flexibility index (Phi) is 7.92. The van der Waals surface area contributed by atoms with Crippen LogP contribution >= 0.6 is 0 Å². The molecule has 0 radical (unpaired) electrons. The maximum absolute atomic E-state index is 14.4. The highest BCUT2D eigenvalue weighted by atomic mass is 19.2. The molecule has 10 heteroatoms. The number of aryl methyl sites for hydroxylation is 1. The van der Waals surface area contributed by atoms with E-state index in [1.165, 1.54) is 19.2 Å². The van der Waals surface area contributed by atoms with E-state index in [4.69, 9.17) is 9.72 Å². The fourth-order valence-electron chi connectivity index (χ4n) is 5.38. The van der Waals surface area contributed by atoms with Crippen molar-refractivity contribution in [3.63, 3.8) is 0 Å². The lowest BCUT2D eigenvalue weighted by atomic mass is 9.92. The number of aromatic amines is 1. The number of fused-ring (bicyclic) bond motifs is 4. The highest BCUT2D eigenvalue weighted by molar-refractivity contribution is 5.84. The van der Waals surface area contributed by atoms with Crippen molar-refractivity contribution in [3.8, 4) is 22.4 Å². The Morgan fingerprint density at radius 1 is 1.12 bits per heavy atom. The number of carbonyl (C=O) groups is 2. The summed E-state index contributed by atoms with van der Waals surface area (Å²) in [6.45, 7) is 1.85. The predicted molar refractivity (Wildman–Crippen MR) is 144 cm³/mol. The SMILES string of the molecule is COC(=O)Cc1ccc2c(c1)CC(=O)CCCC[C@H](c1ccc(-c3c(F)ccc(F)c3F)c[n+]1[O-])c1nc-2c(C)[nH]1. The summed E-state index contributed by atoms with van der Waals surface area (Å²) < 4.78 is 47.9. The number of esters is 1. The van der Waals surface area contributed by atoms with Crippen LogP contribution in [0, 0.1) is 29.6 Å². The normalized spacial score (nSPS) is 15.5. The molecule has 41 heavy (non-hydrogen) atoms. The van der Waals surface area contributed by atoms with E-state index in [1.54, 1.807) is 6.07 Å². The number of carbonyl (C=O) groups excluding carboxylic acids is 2. The summed E-state index contributed by atoms with van der Waals surface area (Å²) in [7, 11) is 1.32. The number of hydrogen-bond acceptors (Lipinski definition) is 5. The van der Waals surface area contributed by atoms with E-state index in [2.05, 4.69) is 4.98 Å². The number of rotatable bonds is 4. The number of benzene rings is 2. The van der Waals surface area contributed by atoms with E-state index in [9.17, 15) is 28.0 Å². The molecule has 1 N–H and O–H groups in total. The molecule has 0 unspecified atom stereocenters. The summed E-state index contributed by atoms with van der Waals surface area (Å²) in [6, 6.07) is 9.83. The topological polar surface area (TPSA) is 99.0 Å². The van der Waals surface area contributed by atoms with Gasteiger partial charge in [0.1, 0.15) is 23.3 Å². The molecule has 1 atom stereocenters. The van der Waals surface area contributed by atoms with Gasteiger partial charge >= 0.3 is 5.97 Å². The first kappa shape index (κ1) is 28.1. The second kappa shape index (κ2) is 11.6. The fourth-order valence-corrected chi connectivity index (χ4v) is 5.38. The minimum absolute atomic E-state index is 0.0504. The third-order valence-corrected chi connectivity index (χ3v) is 7.45. The van der Waals surface area contributed by atoms with Gasteiger partial charge in [0.05, 0.1) is 30.4 Å². The molecular weight excluding hydrogens is 535 g/mol. The number of ketones is 1. The molecule has 0 saturated heterocycles. The summed E-state index contributed by atoms with van der Waals surface area (Å²) in [5.74, 6) is -3.87.